The molecule has 3 aliphatic carbocycles. The van der Waals surface area contributed by atoms with E-state index >= 15 is 0 Å². The summed E-state index contributed by atoms with van der Waals surface area (Å²) in [6, 6.07) is 0.0814. The lowest BCUT2D eigenvalue weighted by Crippen LogP contribution is -2.60. The minimum absolute atomic E-state index is 0.00387. The molecule has 3 fully saturated rings. The Morgan fingerprint density at radius 1 is 1.19 bits per heavy atom. The number of hydrogen-bond donors (Lipinski definition) is 0. The molecule has 5 heteroatoms. The molecule has 4 nitrogen and oxygen atoms in total. The Kier molecular flexibility index (Phi) is 4.02. The number of amides is 1. The van der Waals surface area contributed by atoms with E-state index in [0.717, 1.165) is 38.5 Å². The van der Waals surface area contributed by atoms with E-state index < -0.39 is 11.7 Å². The van der Waals surface area contributed by atoms with Gasteiger partial charge in [0.15, 0.2) is 5.83 Å². The van der Waals surface area contributed by atoms with Crippen molar-refractivity contribution in [3.63, 3.8) is 0 Å². The van der Waals surface area contributed by atoms with Crippen LogP contribution in [-0.2, 0) is 14.3 Å². The van der Waals surface area contributed by atoms with Crippen molar-refractivity contribution in [2.24, 2.45) is 34.5 Å². The first-order valence-electron chi connectivity index (χ1n) is 9.97. The monoisotopic (exact) mass is 363 g/mol. The lowest BCUT2D eigenvalue weighted by Gasteiger charge is -2.60. The molecule has 4 aliphatic rings. The number of carbonyl (C=O) groups excluding carboxylic acids is 2. The van der Waals surface area contributed by atoms with E-state index in [1.165, 1.54) is 7.11 Å². The molecule has 3 saturated carbocycles. The Bertz CT molecular complexity index is 676. The fourth-order valence-electron chi connectivity index (χ4n) is 7.36. The van der Waals surface area contributed by atoms with Gasteiger partial charge in [-0.15, -0.1) is 0 Å². The molecule has 0 N–H and O–H groups in total. The number of carbonyl (C=O) groups is 2. The van der Waals surface area contributed by atoms with Crippen molar-refractivity contribution in [2.45, 2.75) is 58.4 Å². The summed E-state index contributed by atoms with van der Waals surface area (Å²) in [5.74, 6) is 0.210. The predicted octanol–water partition coefficient (Wildman–Crippen LogP) is 3.71. The summed E-state index contributed by atoms with van der Waals surface area (Å²) >= 11 is 0. The van der Waals surface area contributed by atoms with Gasteiger partial charge < -0.3 is 9.64 Å². The quantitative estimate of drug-likeness (QED) is 0.667. The fraction of sp³-hybridized carbons (Fsp3) is 0.810. The number of rotatable bonds is 1. The zero-order valence-electron chi connectivity index (χ0n) is 16.3. The average molecular weight is 363 g/mol. The molecule has 0 spiro atoms. The second-order valence-corrected chi connectivity index (χ2v) is 9.44. The van der Waals surface area contributed by atoms with Gasteiger partial charge in [-0.1, -0.05) is 13.8 Å². The minimum Gasteiger partial charge on any atom is -0.469 e. The van der Waals surface area contributed by atoms with Gasteiger partial charge in [-0.2, -0.15) is 0 Å². The molecule has 1 heterocycles. The van der Waals surface area contributed by atoms with Gasteiger partial charge in [0.25, 0.3) is 5.91 Å². The molecule has 0 aromatic carbocycles. The van der Waals surface area contributed by atoms with Crippen LogP contribution in [0.25, 0.3) is 0 Å². The van der Waals surface area contributed by atoms with E-state index in [2.05, 4.69) is 13.8 Å². The molecule has 0 aromatic heterocycles. The highest BCUT2D eigenvalue weighted by molar-refractivity contribution is 5.92. The van der Waals surface area contributed by atoms with Crippen LogP contribution in [0.4, 0.5) is 4.39 Å². The third-order valence-corrected chi connectivity index (χ3v) is 8.64. The Morgan fingerprint density at radius 3 is 2.62 bits per heavy atom. The van der Waals surface area contributed by atoms with Crippen LogP contribution in [0.1, 0.15) is 52.4 Å². The molecule has 1 aliphatic heterocycles. The minimum atomic E-state index is -0.598. The highest BCUT2D eigenvalue weighted by atomic mass is 19.1. The van der Waals surface area contributed by atoms with Gasteiger partial charge in [-0.3, -0.25) is 9.59 Å². The first-order chi connectivity index (χ1) is 12.2. The van der Waals surface area contributed by atoms with E-state index in [1.54, 1.807) is 18.0 Å². The van der Waals surface area contributed by atoms with E-state index in [0.29, 0.717) is 17.8 Å². The summed E-state index contributed by atoms with van der Waals surface area (Å²) in [6.07, 6.45) is 7.54. The highest BCUT2D eigenvalue weighted by Gasteiger charge is 2.62. The third kappa shape index (κ3) is 2.18. The lowest BCUT2D eigenvalue weighted by atomic mass is 9.47. The summed E-state index contributed by atoms with van der Waals surface area (Å²) in [6.45, 7) is 4.41. The van der Waals surface area contributed by atoms with Crippen LogP contribution in [0.3, 0.4) is 0 Å². The summed E-state index contributed by atoms with van der Waals surface area (Å²) in [5, 5.41) is 0. The number of ether oxygens (including phenoxy) is 1. The van der Waals surface area contributed by atoms with Gasteiger partial charge >= 0.3 is 5.97 Å². The number of likely N-dealkylation sites (N-methyl/N-ethyl adjacent to an activating group) is 1. The summed E-state index contributed by atoms with van der Waals surface area (Å²) in [4.78, 5) is 26.1. The van der Waals surface area contributed by atoms with Gasteiger partial charge in [0.1, 0.15) is 0 Å². The second-order valence-electron chi connectivity index (χ2n) is 9.44. The second kappa shape index (κ2) is 5.80. The average Bonchev–Trinajstić information content (AvgIpc) is 2.96. The van der Waals surface area contributed by atoms with E-state index in [1.807, 2.05) is 0 Å². The first-order valence-corrected chi connectivity index (χ1v) is 9.97. The van der Waals surface area contributed by atoms with E-state index in [4.69, 9.17) is 4.74 Å². The molecule has 0 saturated heterocycles. The molecule has 1 amide bonds. The molecular weight excluding hydrogens is 333 g/mol. The molecule has 26 heavy (non-hydrogen) atoms. The van der Waals surface area contributed by atoms with Crippen molar-refractivity contribution < 1.29 is 18.7 Å². The first kappa shape index (κ1) is 18.0. The normalized spacial score (nSPS) is 47.6. The number of esters is 1. The van der Waals surface area contributed by atoms with Crippen LogP contribution < -0.4 is 0 Å². The van der Waals surface area contributed by atoms with Gasteiger partial charge in [-0.05, 0) is 67.8 Å². The summed E-state index contributed by atoms with van der Waals surface area (Å²) < 4.78 is 19.5. The van der Waals surface area contributed by atoms with E-state index in [9.17, 15) is 14.0 Å². The van der Waals surface area contributed by atoms with Crippen molar-refractivity contribution >= 4 is 11.9 Å². The number of hydrogen-bond acceptors (Lipinski definition) is 3. The van der Waals surface area contributed by atoms with Gasteiger partial charge in [-0.25, -0.2) is 4.39 Å². The lowest BCUT2D eigenvalue weighted by molar-refractivity contribution is -0.156. The van der Waals surface area contributed by atoms with Gasteiger partial charge in [0.05, 0.1) is 13.0 Å². The molecule has 0 aromatic rings. The van der Waals surface area contributed by atoms with Crippen molar-refractivity contribution in [2.75, 3.05) is 14.2 Å². The summed E-state index contributed by atoms with van der Waals surface area (Å²) in [7, 11) is 3.23. The number of halogens is 1. The molecular formula is C21H30FNO3. The Morgan fingerprint density at radius 2 is 1.92 bits per heavy atom. The maximum absolute atomic E-state index is 14.4. The van der Waals surface area contributed by atoms with Crippen LogP contribution in [0.5, 0.6) is 0 Å². The van der Waals surface area contributed by atoms with Crippen LogP contribution in [0.2, 0.25) is 0 Å². The molecule has 5 unspecified atom stereocenters. The van der Waals surface area contributed by atoms with Crippen molar-refractivity contribution in [1.29, 1.82) is 0 Å². The fourth-order valence-corrected chi connectivity index (χ4v) is 7.36. The molecule has 7 atom stereocenters. The van der Waals surface area contributed by atoms with Crippen LogP contribution in [0.15, 0.2) is 11.9 Å². The van der Waals surface area contributed by atoms with Crippen LogP contribution in [0, 0.1) is 34.5 Å². The highest BCUT2D eigenvalue weighted by Crippen LogP contribution is 2.65. The number of methoxy groups -OCH3 is 1. The van der Waals surface area contributed by atoms with E-state index in [-0.39, 0.29) is 28.8 Å². The van der Waals surface area contributed by atoms with Gasteiger partial charge in [0, 0.05) is 18.5 Å². The maximum Gasteiger partial charge on any atom is 0.309 e. The SMILES string of the molecule is COC(=O)C1CCC2C3CCC4N(C)C(=O)C(F)=C[C@]4(C)C3CC[C@]12C. The zero-order chi connectivity index (χ0) is 18.9. The van der Waals surface area contributed by atoms with Crippen molar-refractivity contribution in [1.82, 2.24) is 4.90 Å². The van der Waals surface area contributed by atoms with Gasteiger partial charge in [0.2, 0.25) is 0 Å². The Hall–Kier alpha value is -1.39. The maximum atomic E-state index is 14.4. The molecule has 0 bridgehead atoms. The number of fused-ring (bicyclic) bond motifs is 5. The van der Waals surface area contributed by atoms with Crippen LogP contribution in [-0.4, -0.2) is 37.0 Å². The predicted molar refractivity (Wildman–Crippen MR) is 95.6 cm³/mol. The third-order valence-electron chi connectivity index (χ3n) is 8.64. The smallest absolute Gasteiger partial charge is 0.309 e. The molecule has 0 radical (unpaired) electrons. The molecule has 4 rings (SSSR count). The standard InChI is InChI=1S/C21H30FNO3/c1-20-10-9-14-12(13(20)6-7-15(20)19(25)26-4)5-8-17-21(14,2)11-16(22)18(24)23(17)3/h11-15,17H,5-10H2,1-4H3/t12?,13?,14?,15?,17?,20-,21+/m0/s1. The van der Waals surface area contributed by atoms with Crippen molar-refractivity contribution in [3.05, 3.63) is 11.9 Å². The Balaban J connectivity index is 1.68. The van der Waals surface area contributed by atoms with Crippen LogP contribution >= 0.6 is 0 Å². The van der Waals surface area contributed by atoms with Crippen molar-refractivity contribution in [3.8, 4) is 0 Å². The molecule has 144 valence electrons. The largest absolute Gasteiger partial charge is 0.469 e. The topological polar surface area (TPSA) is 46.6 Å². The summed E-state index contributed by atoms with van der Waals surface area (Å²) in [5.41, 5.74) is -0.309. The number of nitrogens with zero attached hydrogens (tertiary/aromatic N) is 1. The Labute approximate surface area is 155 Å². The zero-order valence-corrected chi connectivity index (χ0v) is 16.3.